The first-order valence-corrected chi connectivity index (χ1v) is 14.2. The molecule has 2 aromatic rings. The summed E-state index contributed by atoms with van der Waals surface area (Å²) >= 11 is 1.22. The topological polar surface area (TPSA) is 104 Å². The normalized spacial score (nSPS) is 18.0. The summed E-state index contributed by atoms with van der Waals surface area (Å²) in [7, 11) is 0. The predicted molar refractivity (Wildman–Crippen MR) is 146 cm³/mol. The molecule has 4 rings (SSSR count). The van der Waals surface area contributed by atoms with Gasteiger partial charge in [0, 0.05) is 11.7 Å². The van der Waals surface area contributed by atoms with Crippen LogP contribution >= 0.6 is 11.8 Å². The van der Waals surface area contributed by atoms with Gasteiger partial charge in [0.15, 0.2) is 0 Å². The lowest BCUT2D eigenvalue weighted by Gasteiger charge is -2.37. The molecular formula is C29H34N4O4S. The predicted octanol–water partition coefficient (Wildman–Crippen LogP) is 4.86. The maximum atomic E-state index is 13.7. The molecule has 0 bridgehead atoms. The molecule has 1 aliphatic heterocycles. The fourth-order valence-corrected chi connectivity index (χ4v) is 6.26. The second-order valence-corrected chi connectivity index (χ2v) is 10.8. The Hall–Kier alpha value is -3.38. The van der Waals surface area contributed by atoms with Crippen molar-refractivity contribution in [2.75, 3.05) is 17.3 Å². The number of imide groups is 1. The van der Waals surface area contributed by atoms with Crippen LogP contribution in [0.25, 0.3) is 0 Å². The van der Waals surface area contributed by atoms with Gasteiger partial charge in [-0.15, -0.1) is 0 Å². The van der Waals surface area contributed by atoms with E-state index >= 15 is 0 Å². The summed E-state index contributed by atoms with van der Waals surface area (Å²) in [5.41, 5.74) is 3.60. The number of benzene rings is 1. The van der Waals surface area contributed by atoms with Crippen molar-refractivity contribution >= 4 is 35.2 Å². The summed E-state index contributed by atoms with van der Waals surface area (Å²) in [6.45, 7) is 8.12. The number of carbonyl (C=O) groups is 3. The molecule has 1 saturated carbocycles. The van der Waals surface area contributed by atoms with E-state index in [1.165, 1.54) is 16.7 Å². The fourth-order valence-electron chi connectivity index (χ4n) is 5.31. The third-order valence-electron chi connectivity index (χ3n) is 7.53. The Bertz CT molecular complexity index is 1260. The number of pyridine rings is 1. The van der Waals surface area contributed by atoms with Crippen LogP contribution in [0.1, 0.15) is 67.8 Å². The Labute approximate surface area is 228 Å². The summed E-state index contributed by atoms with van der Waals surface area (Å²) in [5, 5.41) is 10.2. The lowest BCUT2D eigenvalue weighted by atomic mass is 9.92. The Morgan fingerprint density at radius 2 is 1.82 bits per heavy atom. The van der Waals surface area contributed by atoms with Gasteiger partial charge in [-0.1, -0.05) is 31.0 Å². The number of rotatable bonds is 8. The minimum Gasteiger partial charge on any atom is -0.494 e. The first-order valence-electron chi connectivity index (χ1n) is 13.2. The van der Waals surface area contributed by atoms with Gasteiger partial charge in [-0.25, -0.2) is 9.88 Å². The highest BCUT2D eigenvalue weighted by Crippen LogP contribution is 2.33. The minimum atomic E-state index is -0.838. The van der Waals surface area contributed by atoms with Gasteiger partial charge in [-0.05, 0) is 75.9 Å². The Kier molecular flexibility index (Phi) is 8.72. The SMILES string of the molecule is CCOc1ccc(N2C(=O)CC(N(C(=O)CSc3nc(C)c(C)c(C)c3C#N)C3CCCCC3)C2=O)cc1. The average molecular weight is 535 g/mol. The molecule has 2 heterocycles. The van der Waals surface area contributed by atoms with Crippen LogP contribution in [0.15, 0.2) is 29.3 Å². The molecule has 1 aromatic carbocycles. The zero-order valence-electron chi connectivity index (χ0n) is 22.5. The number of hydrogen-bond donors (Lipinski definition) is 0. The Morgan fingerprint density at radius 3 is 2.45 bits per heavy atom. The summed E-state index contributed by atoms with van der Waals surface area (Å²) in [5.74, 6) is -0.191. The Morgan fingerprint density at radius 1 is 1.13 bits per heavy atom. The molecule has 3 amide bonds. The zero-order valence-corrected chi connectivity index (χ0v) is 23.3. The fraction of sp³-hybridized carbons (Fsp3) is 0.483. The van der Waals surface area contributed by atoms with Crippen LogP contribution < -0.4 is 9.64 Å². The number of aromatic nitrogens is 1. The van der Waals surface area contributed by atoms with Gasteiger partial charge in [0.05, 0.1) is 30.0 Å². The highest BCUT2D eigenvalue weighted by atomic mass is 32.2. The molecule has 1 atom stereocenters. The van der Waals surface area contributed by atoms with E-state index in [2.05, 4.69) is 11.1 Å². The number of anilines is 1. The molecule has 200 valence electrons. The van der Waals surface area contributed by atoms with E-state index in [1.54, 1.807) is 29.2 Å². The largest absolute Gasteiger partial charge is 0.494 e. The van der Waals surface area contributed by atoms with Crippen molar-refractivity contribution in [2.45, 2.75) is 83.3 Å². The van der Waals surface area contributed by atoms with Gasteiger partial charge in [0.25, 0.3) is 5.91 Å². The van der Waals surface area contributed by atoms with E-state index in [0.29, 0.717) is 28.6 Å². The number of hydrogen-bond acceptors (Lipinski definition) is 7. The second-order valence-electron chi connectivity index (χ2n) is 9.83. The molecule has 0 N–H and O–H groups in total. The molecule has 2 fully saturated rings. The molecule has 2 aliphatic rings. The van der Waals surface area contributed by atoms with Crippen LogP contribution in [0.3, 0.4) is 0 Å². The molecule has 9 heteroatoms. The molecule has 1 aliphatic carbocycles. The van der Waals surface area contributed by atoms with E-state index in [-0.39, 0.29) is 35.9 Å². The highest BCUT2D eigenvalue weighted by molar-refractivity contribution is 8.00. The zero-order chi connectivity index (χ0) is 27.4. The minimum absolute atomic E-state index is 0.0383. The van der Waals surface area contributed by atoms with Gasteiger partial charge < -0.3 is 9.64 Å². The van der Waals surface area contributed by atoms with Crippen LogP contribution in [-0.4, -0.2) is 52.0 Å². The number of ether oxygens (including phenoxy) is 1. The van der Waals surface area contributed by atoms with Crippen molar-refractivity contribution in [3.8, 4) is 11.8 Å². The number of aryl methyl sites for hydroxylation is 1. The summed E-state index contributed by atoms with van der Waals surface area (Å²) < 4.78 is 5.48. The molecule has 8 nitrogen and oxygen atoms in total. The third-order valence-corrected chi connectivity index (χ3v) is 8.49. The van der Waals surface area contributed by atoms with E-state index < -0.39 is 6.04 Å². The van der Waals surface area contributed by atoms with Crippen molar-refractivity contribution in [1.29, 1.82) is 5.26 Å². The second kappa shape index (κ2) is 12.0. The standard InChI is InChI=1S/C29H34N4O4S/c1-5-37-23-13-11-22(12-14-23)33-26(34)15-25(29(33)36)32(21-9-7-6-8-10-21)27(35)17-38-28-24(16-30)19(3)18(2)20(4)31-28/h11-14,21,25H,5-10,15,17H2,1-4H3. The summed E-state index contributed by atoms with van der Waals surface area (Å²) in [4.78, 5) is 47.9. The van der Waals surface area contributed by atoms with Crippen molar-refractivity contribution in [1.82, 2.24) is 9.88 Å². The van der Waals surface area contributed by atoms with Gasteiger partial charge >= 0.3 is 0 Å². The van der Waals surface area contributed by atoms with Crippen LogP contribution in [0.4, 0.5) is 5.69 Å². The number of thioether (sulfide) groups is 1. The van der Waals surface area contributed by atoms with Crippen LogP contribution in [0, 0.1) is 32.1 Å². The van der Waals surface area contributed by atoms with Gasteiger partial charge in [-0.3, -0.25) is 14.4 Å². The Balaban J connectivity index is 1.58. The smallest absolute Gasteiger partial charge is 0.257 e. The first-order chi connectivity index (χ1) is 18.3. The maximum Gasteiger partial charge on any atom is 0.257 e. The van der Waals surface area contributed by atoms with E-state index in [1.807, 2.05) is 27.7 Å². The summed E-state index contributed by atoms with van der Waals surface area (Å²) in [6, 6.07) is 8.16. The number of carbonyl (C=O) groups excluding carboxylic acids is 3. The number of nitrogens with zero attached hydrogens (tertiary/aromatic N) is 4. The monoisotopic (exact) mass is 534 g/mol. The molecular weight excluding hydrogens is 500 g/mol. The van der Waals surface area contributed by atoms with Crippen LogP contribution in [0.2, 0.25) is 0 Å². The van der Waals surface area contributed by atoms with Crippen LogP contribution in [0.5, 0.6) is 5.75 Å². The van der Waals surface area contributed by atoms with Crippen molar-refractivity contribution < 1.29 is 19.1 Å². The van der Waals surface area contributed by atoms with Gasteiger partial charge in [0.2, 0.25) is 11.8 Å². The number of nitriles is 1. The lowest BCUT2D eigenvalue weighted by Crippen LogP contribution is -2.52. The molecule has 0 spiro atoms. The molecule has 0 radical (unpaired) electrons. The van der Waals surface area contributed by atoms with Crippen molar-refractivity contribution in [3.63, 3.8) is 0 Å². The molecule has 38 heavy (non-hydrogen) atoms. The summed E-state index contributed by atoms with van der Waals surface area (Å²) in [6.07, 6.45) is 4.64. The van der Waals surface area contributed by atoms with Crippen molar-refractivity contribution in [3.05, 3.63) is 46.6 Å². The average Bonchev–Trinajstić information content (AvgIpc) is 3.20. The number of amides is 3. The van der Waals surface area contributed by atoms with Crippen molar-refractivity contribution in [2.24, 2.45) is 0 Å². The van der Waals surface area contributed by atoms with E-state index in [9.17, 15) is 19.6 Å². The van der Waals surface area contributed by atoms with E-state index in [4.69, 9.17) is 4.74 Å². The molecule has 1 aromatic heterocycles. The van der Waals surface area contributed by atoms with E-state index in [0.717, 1.165) is 48.9 Å². The molecule has 1 saturated heterocycles. The lowest BCUT2D eigenvalue weighted by molar-refractivity contribution is -0.139. The van der Waals surface area contributed by atoms with Crippen LogP contribution in [-0.2, 0) is 14.4 Å². The van der Waals surface area contributed by atoms with Gasteiger partial charge in [0.1, 0.15) is 22.9 Å². The highest BCUT2D eigenvalue weighted by Gasteiger charge is 2.46. The third kappa shape index (κ3) is 5.56. The molecule has 1 unspecified atom stereocenters. The first kappa shape index (κ1) is 27.6. The quantitative estimate of drug-likeness (QED) is 0.352. The maximum absolute atomic E-state index is 13.7. The van der Waals surface area contributed by atoms with Gasteiger partial charge in [-0.2, -0.15) is 5.26 Å².